The van der Waals surface area contributed by atoms with Gasteiger partial charge in [0.1, 0.15) is 0 Å². The van der Waals surface area contributed by atoms with Crippen LogP contribution in [-0.4, -0.2) is 38.0 Å². The van der Waals surface area contributed by atoms with E-state index in [1.165, 1.54) is 24.8 Å². The molecule has 1 saturated carbocycles. The van der Waals surface area contributed by atoms with Crippen LogP contribution in [0.4, 0.5) is 0 Å². The predicted octanol–water partition coefficient (Wildman–Crippen LogP) is 3.20. The van der Waals surface area contributed by atoms with Crippen molar-refractivity contribution in [1.82, 2.24) is 16.0 Å². The molecule has 1 atom stereocenters. The fourth-order valence-electron chi connectivity index (χ4n) is 3.18. The van der Waals surface area contributed by atoms with Gasteiger partial charge >= 0.3 is 0 Å². The highest BCUT2D eigenvalue weighted by atomic mass is 127. The Hall–Kier alpha value is -1.31. The Balaban J connectivity index is 0.00000338. The molecule has 2 rings (SSSR count). The molecule has 1 fully saturated rings. The minimum atomic E-state index is 0. The molecule has 1 aliphatic carbocycles. The Labute approximate surface area is 174 Å². The number of hydrogen-bond acceptors (Lipinski definition) is 2. The summed E-state index contributed by atoms with van der Waals surface area (Å²) in [5.41, 5.74) is 1.62. The molecule has 1 amide bonds. The van der Waals surface area contributed by atoms with Gasteiger partial charge in [0.15, 0.2) is 5.96 Å². The van der Waals surface area contributed by atoms with Crippen molar-refractivity contribution in [2.75, 3.05) is 20.1 Å². The average Bonchev–Trinajstić information content (AvgIpc) is 2.60. The predicted molar refractivity (Wildman–Crippen MR) is 119 cm³/mol. The van der Waals surface area contributed by atoms with Gasteiger partial charge in [-0.3, -0.25) is 9.79 Å². The molecule has 0 aliphatic heterocycles. The third-order valence-corrected chi connectivity index (χ3v) is 5.18. The molecule has 0 spiro atoms. The van der Waals surface area contributed by atoms with Crippen molar-refractivity contribution < 1.29 is 4.79 Å². The number of nitrogens with one attached hydrogen (secondary N) is 3. The van der Waals surface area contributed by atoms with Crippen molar-refractivity contribution in [3.05, 3.63) is 35.9 Å². The van der Waals surface area contributed by atoms with E-state index in [0.29, 0.717) is 13.0 Å². The van der Waals surface area contributed by atoms with Crippen molar-refractivity contribution >= 4 is 35.8 Å². The molecule has 6 heteroatoms. The van der Waals surface area contributed by atoms with Gasteiger partial charge in [0, 0.05) is 38.0 Å². The number of guanidine groups is 1. The molecule has 1 aromatic rings. The van der Waals surface area contributed by atoms with Crippen LogP contribution in [0.3, 0.4) is 0 Å². The average molecular weight is 472 g/mol. The molecule has 0 aromatic heterocycles. The number of hydrogen-bond donors (Lipinski definition) is 3. The maximum atomic E-state index is 11.8. The first-order valence-corrected chi connectivity index (χ1v) is 9.39. The standard InChI is InChI=1S/C20H32N4O.HI/c1-4-16(2)24-18(25)11-14-22-19(21-3)23-15-20(12-8-13-20)17-9-6-5-7-10-17;/h5-7,9-10,16H,4,8,11-15H2,1-3H3,(H,24,25)(H2,21,22,23);1H. The smallest absolute Gasteiger partial charge is 0.221 e. The van der Waals surface area contributed by atoms with Crippen LogP contribution in [0.5, 0.6) is 0 Å². The van der Waals surface area contributed by atoms with Crippen molar-refractivity contribution in [3.63, 3.8) is 0 Å². The Morgan fingerprint density at radius 3 is 2.46 bits per heavy atom. The highest BCUT2D eigenvalue weighted by molar-refractivity contribution is 14.0. The number of carbonyl (C=O) groups excluding carboxylic acids is 1. The SMILES string of the molecule is CCC(C)NC(=O)CCNC(=NC)NCC1(c2ccccc2)CCC1.I. The monoisotopic (exact) mass is 472 g/mol. The molecule has 26 heavy (non-hydrogen) atoms. The van der Waals surface area contributed by atoms with E-state index in [1.807, 2.05) is 6.92 Å². The number of aliphatic imine (C=N–C) groups is 1. The lowest BCUT2D eigenvalue weighted by molar-refractivity contribution is -0.121. The molecule has 5 nitrogen and oxygen atoms in total. The van der Waals surface area contributed by atoms with Crippen molar-refractivity contribution in [3.8, 4) is 0 Å². The van der Waals surface area contributed by atoms with Crippen molar-refractivity contribution in [2.24, 2.45) is 4.99 Å². The van der Waals surface area contributed by atoms with E-state index < -0.39 is 0 Å². The summed E-state index contributed by atoms with van der Waals surface area (Å²) >= 11 is 0. The number of halogens is 1. The maximum absolute atomic E-state index is 11.8. The van der Waals surface area contributed by atoms with Crippen LogP contribution in [-0.2, 0) is 10.2 Å². The molecule has 0 bridgehead atoms. The molecule has 0 saturated heterocycles. The molecular weight excluding hydrogens is 439 g/mol. The molecule has 0 radical (unpaired) electrons. The fraction of sp³-hybridized carbons (Fsp3) is 0.600. The summed E-state index contributed by atoms with van der Waals surface area (Å²) in [4.78, 5) is 16.1. The Bertz CT molecular complexity index is 572. The van der Waals surface area contributed by atoms with Gasteiger partial charge in [-0.05, 0) is 31.7 Å². The summed E-state index contributed by atoms with van der Waals surface area (Å²) in [7, 11) is 1.77. The van der Waals surface area contributed by atoms with Gasteiger partial charge in [0.2, 0.25) is 5.91 Å². The summed E-state index contributed by atoms with van der Waals surface area (Å²) in [5, 5.41) is 9.66. The van der Waals surface area contributed by atoms with Crippen LogP contribution < -0.4 is 16.0 Å². The number of nitrogens with zero attached hydrogens (tertiary/aromatic N) is 1. The van der Waals surface area contributed by atoms with Gasteiger partial charge in [-0.1, -0.05) is 43.7 Å². The normalized spacial score (nSPS) is 16.7. The van der Waals surface area contributed by atoms with E-state index in [1.54, 1.807) is 7.05 Å². The Morgan fingerprint density at radius 2 is 1.92 bits per heavy atom. The van der Waals surface area contributed by atoms with Crippen molar-refractivity contribution in [2.45, 2.75) is 57.4 Å². The van der Waals surface area contributed by atoms with Gasteiger partial charge in [-0.15, -0.1) is 24.0 Å². The molecular formula is C20H33IN4O. The number of amides is 1. The zero-order valence-corrected chi connectivity index (χ0v) is 18.5. The fourth-order valence-corrected chi connectivity index (χ4v) is 3.18. The largest absolute Gasteiger partial charge is 0.356 e. The van der Waals surface area contributed by atoms with Crippen LogP contribution in [0.15, 0.2) is 35.3 Å². The number of benzene rings is 1. The van der Waals surface area contributed by atoms with Gasteiger partial charge in [0.25, 0.3) is 0 Å². The van der Waals surface area contributed by atoms with Crippen LogP contribution in [0, 0.1) is 0 Å². The summed E-state index contributed by atoms with van der Waals surface area (Å²) < 4.78 is 0. The number of rotatable bonds is 8. The first-order chi connectivity index (χ1) is 12.1. The Kier molecular flexibility index (Phi) is 9.98. The third-order valence-electron chi connectivity index (χ3n) is 5.18. The van der Waals surface area contributed by atoms with Crippen LogP contribution in [0.1, 0.15) is 51.5 Å². The Morgan fingerprint density at radius 1 is 1.23 bits per heavy atom. The van der Waals surface area contributed by atoms with Gasteiger partial charge < -0.3 is 16.0 Å². The van der Waals surface area contributed by atoms with E-state index in [2.05, 4.69) is 58.2 Å². The topological polar surface area (TPSA) is 65.5 Å². The second kappa shape index (κ2) is 11.4. The molecule has 3 N–H and O–H groups in total. The van der Waals surface area contributed by atoms with Gasteiger partial charge in [-0.25, -0.2) is 0 Å². The minimum Gasteiger partial charge on any atom is -0.356 e. The lowest BCUT2D eigenvalue weighted by Gasteiger charge is -2.43. The highest BCUT2D eigenvalue weighted by Gasteiger charge is 2.38. The van der Waals surface area contributed by atoms with E-state index in [0.717, 1.165) is 18.9 Å². The summed E-state index contributed by atoms with van der Waals surface area (Å²) in [5.74, 6) is 0.843. The molecule has 1 aromatic carbocycles. The first-order valence-electron chi connectivity index (χ1n) is 9.39. The van der Waals surface area contributed by atoms with Gasteiger partial charge in [-0.2, -0.15) is 0 Å². The molecule has 0 heterocycles. The van der Waals surface area contributed by atoms with E-state index >= 15 is 0 Å². The molecule has 1 aliphatic rings. The van der Waals surface area contributed by atoms with E-state index in [9.17, 15) is 4.79 Å². The van der Waals surface area contributed by atoms with E-state index in [4.69, 9.17) is 0 Å². The minimum absolute atomic E-state index is 0. The third kappa shape index (κ3) is 6.45. The van der Waals surface area contributed by atoms with Crippen molar-refractivity contribution in [1.29, 1.82) is 0 Å². The summed E-state index contributed by atoms with van der Waals surface area (Å²) in [6.07, 6.45) is 5.09. The first kappa shape index (κ1) is 22.7. The molecule has 1 unspecified atom stereocenters. The lowest BCUT2D eigenvalue weighted by Crippen LogP contribution is -2.49. The second-order valence-electron chi connectivity index (χ2n) is 6.98. The summed E-state index contributed by atoms with van der Waals surface area (Å²) in [6.45, 7) is 5.54. The summed E-state index contributed by atoms with van der Waals surface area (Å²) in [6, 6.07) is 11.0. The van der Waals surface area contributed by atoms with Crippen LogP contribution in [0.2, 0.25) is 0 Å². The second-order valence-corrected chi connectivity index (χ2v) is 6.98. The zero-order chi connectivity index (χ0) is 18.1. The van der Waals surface area contributed by atoms with Crippen LogP contribution >= 0.6 is 24.0 Å². The quantitative estimate of drug-likeness (QED) is 0.309. The molecule has 146 valence electrons. The highest BCUT2D eigenvalue weighted by Crippen LogP contribution is 2.43. The maximum Gasteiger partial charge on any atom is 0.221 e. The number of carbonyl (C=O) groups is 1. The van der Waals surface area contributed by atoms with Crippen LogP contribution in [0.25, 0.3) is 0 Å². The lowest BCUT2D eigenvalue weighted by atomic mass is 9.64. The van der Waals surface area contributed by atoms with Gasteiger partial charge in [0.05, 0.1) is 0 Å². The zero-order valence-electron chi connectivity index (χ0n) is 16.2. The van der Waals surface area contributed by atoms with E-state index in [-0.39, 0.29) is 41.3 Å².